The van der Waals surface area contributed by atoms with Crippen LogP contribution in [-0.2, 0) is 7.05 Å². The molecule has 1 aromatic heterocycles. The van der Waals surface area contributed by atoms with Crippen LogP contribution in [0.4, 0.5) is 0 Å². The Balaban J connectivity index is 0.000000810. The molecule has 1 heterocycles. The molecule has 0 spiro atoms. The van der Waals surface area contributed by atoms with Crippen molar-refractivity contribution < 1.29 is 21.5 Å². The second-order valence-electron chi connectivity index (χ2n) is 1.85. The third-order valence-corrected chi connectivity index (χ3v) is 1.08. The number of aryl methyl sites for hydroxylation is 1. The lowest BCUT2D eigenvalue weighted by atomic mass is 10.4. The number of aromatic nitrogens is 2. The molecule has 1 rings (SSSR count). The highest BCUT2D eigenvalue weighted by Gasteiger charge is 1.92. The smallest absolute Gasteiger partial charge is 0.286 e. The van der Waals surface area contributed by atoms with Gasteiger partial charge in [-0.1, -0.05) is 6.58 Å². The fourth-order valence-electron chi connectivity index (χ4n) is 0.554. The summed E-state index contributed by atoms with van der Waals surface area (Å²) in [6.07, 6.45) is 5.40. The summed E-state index contributed by atoms with van der Waals surface area (Å²) in [4.78, 5) is 4.04. The van der Waals surface area contributed by atoms with Crippen LogP contribution >= 0.6 is 0 Å². The summed E-state index contributed by atoms with van der Waals surface area (Å²) < 4.78 is 1.88. The van der Waals surface area contributed by atoms with Crippen molar-refractivity contribution >= 4 is 6.08 Å². The molecular formula is C7H9BrN2. The minimum atomic E-state index is 0. The largest absolute Gasteiger partial charge is 1.00 e. The number of halogens is 1. The zero-order valence-electron chi connectivity index (χ0n) is 5.79. The first-order valence-electron chi connectivity index (χ1n) is 2.76. The van der Waals surface area contributed by atoms with Crippen molar-refractivity contribution in [1.82, 2.24) is 4.98 Å². The van der Waals surface area contributed by atoms with Crippen LogP contribution in [0, 0.1) is 0 Å². The zero-order chi connectivity index (χ0) is 6.69. The van der Waals surface area contributed by atoms with Crippen LogP contribution in [0.3, 0.4) is 0 Å². The molecule has 0 atom stereocenters. The zero-order valence-corrected chi connectivity index (χ0v) is 7.37. The molecule has 10 heavy (non-hydrogen) atoms. The van der Waals surface area contributed by atoms with Gasteiger partial charge in [-0.25, -0.2) is 4.57 Å². The second-order valence-corrected chi connectivity index (χ2v) is 1.85. The SMILES string of the molecule is C=Cc1cc[n+](C)cn1.[Br-]. The van der Waals surface area contributed by atoms with E-state index in [2.05, 4.69) is 11.6 Å². The molecule has 0 radical (unpaired) electrons. The van der Waals surface area contributed by atoms with Crippen LogP contribution < -0.4 is 21.5 Å². The average molecular weight is 201 g/mol. The van der Waals surface area contributed by atoms with E-state index in [1.165, 1.54) is 0 Å². The lowest BCUT2D eigenvalue weighted by Gasteiger charge is -1.84. The Labute approximate surface area is 71.0 Å². The standard InChI is InChI=1S/C7H9N2.BrH/c1-3-7-4-5-9(2)6-8-7;/h3-6H,1H2,2H3;1H/q+1;/p-1. The monoisotopic (exact) mass is 200 g/mol. The molecule has 0 N–H and O–H groups in total. The van der Waals surface area contributed by atoms with Gasteiger partial charge in [0.05, 0.1) is 13.2 Å². The van der Waals surface area contributed by atoms with Crippen LogP contribution in [0.1, 0.15) is 5.69 Å². The Morgan fingerprint density at radius 2 is 2.40 bits per heavy atom. The molecule has 2 nitrogen and oxygen atoms in total. The highest BCUT2D eigenvalue weighted by Crippen LogP contribution is 1.88. The van der Waals surface area contributed by atoms with Crippen molar-refractivity contribution in [3.8, 4) is 0 Å². The maximum Gasteiger partial charge on any atom is 0.286 e. The molecule has 54 valence electrons. The molecule has 0 unspecified atom stereocenters. The van der Waals surface area contributed by atoms with Crippen molar-refractivity contribution in [2.75, 3.05) is 0 Å². The van der Waals surface area contributed by atoms with Crippen LogP contribution in [0.2, 0.25) is 0 Å². The minimum absolute atomic E-state index is 0. The molecule has 0 saturated carbocycles. The Morgan fingerprint density at radius 3 is 2.80 bits per heavy atom. The van der Waals surface area contributed by atoms with Gasteiger partial charge >= 0.3 is 0 Å². The molecule has 0 bridgehead atoms. The highest BCUT2D eigenvalue weighted by molar-refractivity contribution is 5.38. The van der Waals surface area contributed by atoms with Crippen molar-refractivity contribution in [1.29, 1.82) is 0 Å². The Morgan fingerprint density at radius 1 is 1.70 bits per heavy atom. The van der Waals surface area contributed by atoms with E-state index < -0.39 is 0 Å². The summed E-state index contributed by atoms with van der Waals surface area (Å²) in [5.74, 6) is 0. The van der Waals surface area contributed by atoms with Gasteiger partial charge in [0, 0.05) is 6.07 Å². The van der Waals surface area contributed by atoms with Gasteiger partial charge in [-0.05, 0) is 11.1 Å². The van der Waals surface area contributed by atoms with E-state index in [1.54, 1.807) is 12.4 Å². The minimum Gasteiger partial charge on any atom is -1.00 e. The van der Waals surface area contributed by atoms with Gasteiger partial charge in [-0.3, -0.25) is 0 Å². The summed E-state index contributed by atoms with van der Waals surface area (Å²) in [6, 6.07) is 1.91. The third kappa shape index (κ3) is 2.27. The van der Waals surface area contributed by atoms with Crippen LogP contribution in [-0.4, -0.2) is 4.98 Å². The second kappa shape index (κ2) is 4.17. The summed E-state index contributed by atoms with van der Waals surface area (Å²) >= 11 is 0. The van der Waals surface area contributed by atoms with Gasteiger partial charge in [0.1, 0.15) is 0 Å². The van der Waals surface area contributed by atoms with E-state index in [4.69, 9.17) is 0 Å². The summed E-state index contributed by atoms with van der Waals surface area (Å²) in [5.41, 5.74) is 0.910. The van der Waals surface area contributed by atoms with E-state index in [0.717, 1.165) is 5.69 Å². The molecule has 0 aliphatic rings. The molecule has 0 fully saturated rings. The molecule has 0 amide bonds. The van der Waals surface area contributed by atoms with Gasteiger partial charge in [0.25, 0.3) is 6.33 Å². The fourth-order valence-corrected chi connectivity index (χ4v) is 0.554. The van der Waals surface area contributed by atoms with E-state index in [9.17, 15) is 0 Å². The van der Waals surface area contributed by atoms with Gasteiger partial charge in [-0.2, -0.15) is 0 Å². The first kappa shape index (κ1) is 9.30. The maximum atomic E-state index is 4.04. The lowest BCUT2D eigenvalue weighted by Crippen LogP contribution is -3.00. The van der Waals surface area contributed by atoms with E-state index >= 15 is 0 Å². The number of hydrogen-bond donors (Lipinski definition) is 0. The maximum absolute atomic E-state index is 4.04. The molecule has 0 aliphatic carbocycles. The Bertz CT molecular complexity index is 205. The fraction of sp³-hybridized carbons (Fsp3) is 0.143. The lowest BCUT2D eigenvalue weighted by molar-refractivity contribution is -0.674. The van der Waals surface area contributed by atoms with Gasteiger partial charge < -0.3 is 17.0 Å². The first-order valence-corrected chi connectivity index (χ1v) is 2.76. The van der Waals surface area contributed by atoms with E-state index in [0.29, 0.717) is 0 Å². The first-order chi connectivity index (χ1) is 4.33. The molecular weight excluding hydrogens is 192 g/mol. The predicted octanol–water partition coefficient (Wildman–Crippen LogP) is -2.45. The third-order valence-electron chi connectivity index (χ3n) is 1.08. The highest BCUT2D eigenvalue weighted by atomic mass is 79.9. The number of hydrogen-bond acceptors (Lipinski definition) is 1. The van der Waals surface area contributed by atoms with Gasteiger partial charge in [0.15, 0.2) is 5.69 Å². The normalized spacial score (nSPS) is 8.10. The number of nitrogens with zero attached hydrogens (tertiary/aromatic N) is 2. The Kier molecular flexibility index (Phi) is 3.88. The molecule has 0 aliphatic heterocycles. The summed E-state index contributed by atoms with van der Waals surface area (Å²) in [5, 5.41) is 0. The van der Waals surface area contributed by atoms with Crippen LogP contribution in [0.5, 0.6) is 0 Å². The van der Waals surface area contributed by atoms with Crippen molar-refractivity contribution in [3.63, 3.8) is 0 Å². The molecule has 0 aromatic carbocycles. The number of rotatable bonds is 1. The van der Waals surface area contributed by atoms with Crippen molar-refractivity contribution in [2.24, 2.45) is 7.05 Å². The average Bonchev–Trinajstić information content (AvgIpc) is 1.90. The predicted molar refractivity (Wildman–Crippen MR) is 35.5 cm³/mol. The topological polar surface area (TPSA) is 16.8 Å². The quantitative estimate of drug-likeness (QED) is 0.461. The Hall–Kier alpha value is -0.700. The van der Waals surface area contributed by atoms with E-state index in [1.807, 2.05) is 23.9 Å². The summed E-state index contributed by atoms with van der Waals surface area (Å²) in [6.45, 7) is 3.59. The molecule has 0 saturated heterocycles. The molecule has 3 heteroatoms. The van der Waals surface area contributed by atoms with Gasteiger partial charge in [-0.15, -0.1) is 0 Å². The van der Waals surface area contributed by atoms with Crippen LogP contribution in [0.25, 0.3) is 6.08 Å². The van der Waals surface area contributed by atoms with Crippen LogP contribution in [0.15, 0.2) is 25.2 Å². The van der Waals surface area contributed by atoms with Crippen molar-refractivity contribution in [3.05, 3.63) is 30.9 Å². The van der Waals surface area contributed by atoms with Gasteiger partial charge in [0.2, 0.25) is 0 Å². The van der Waals surface area contributed by atoms with Crippen molar-refractivity contribution in [2.45, 2.75) is 0 Å². The molecule has 1 aromatic rings. The summed E-state index contributed by atoms with van der Waals surface area (Å²) in [7, 11) is 1.93. The van der Waals surface area contributed by atoms with E-state index in [-0.39, 0.29) is 17.0 Å².